The highest BCUT2D eigenvalue weighted by molar-refractivity contribution is 7.89. The van der Waals surface area contributed by atoms with E-state index in [4.69, 9.17) is 16.3 Å². The summed E-state index contributed by atoms with van der Waals surface area (Å²) < 4.78 is 32.0. The van der Waals surface area contributed by atoms with E-state index in [1.807, 2.05) is 5.32 Å². The summed E-state index contributed by atoms with van der Waals surface area (Å²) in [6.07, 6.45) is 0.229. The fraction of sp³-hybridized carbons (Fsp3) is 0.400. The van der Waals surface area contributed by atoms with E-state index in [-0.39, 0.29) is 21.5 Å². The maximum absolute atomic E-state index is 12.3. The molecular formula is C15H18ClN3O6S. The van der Waals surface area contributed by atoms with Gasteiger partial charge in [-0.15, -0.1) is 0 Å². The van der Waals surface area contributed by atoms with Gasteiger partial charge in [-0.25, -0.2) is 22.7 Å². The number of urea groups is 1. The molecule has 9 nitrogen and oxygen atoms in total. The van der Waals surface area contributed by atoms with Gasteiger partial charge in [-0.1, -0.05) is 11.6 Å². The number of esters is 1. The van der Waals surface area contributed by atoms with Gasteiger partial charge in [0.05, 0.1) is 10.6 Å². The lowest BCUT2D eigenvalue weighted by Gasteiger charge is -2.14. The fourth-order valence-electron chi connectivity index (χ4n) is 1.88. The Labute approximate surface area is 155 Å². The van der Waals surface area contributed by atoms with E-state index < -0.39 is 34.0 Å². The van der Waals surface area contributed by atoms with E-state index in [0.29, 0.717) is 0 Å². The molecule has 3 N–H and O–H groups in total. The number of sulfonamides is 1. The van der Waals surface area contributed by atoms with E-state index in [1.165, 1.54) is 26.1 Å². The first-order valence-corrected chi connectivity index (χ1v) is 9.55. The number of carbonyl (C=O) groups excluding carboxylic acids is 3. The molecule has 1 atom stereocenters. The molecule has 2 rings (SSSR count). The minimum absolute atomic E-state index is 0.0416. The summed E-state index contributed by atoms with van der Waals surface area (Å²) in [7, 11) is -2.55. The Hall–Kier alpha value is -2.17. The van der Waals surface area contributed by atoms with Crippen LogP contribution in [0.3, 0.4) is 0 Å². The van der Waals surface area contributed by atoms with Crippen LogP contribution in [0.5, 0.6) is 0 Å². The maximum Gasteiger partial charge on any atom is 0.338 e. The topological polar surface area (TPSA) is 131 Å². The van der Waals surface area contributed by atoms with Gasteiger partial charge in [0.25, 0.3) is 5.91 Å². The summed E-state index contributed by atoms with van der Waals surface area (Å²) in [4.78, 5) is 34.7. The molecule has 1 fully saturated rings. The molecule has 0 aromatic heterocycles. The maximum atomic E-state index is 12.3. The largest absolute Gasteiger partial charge is 0.449 e. The van der Waals surface area contributed by atoms with E-state index in [0.717, 1.165) is 18.9 Å². The van der Waals surface area contributed by atoms with Crippen LogP contribution in [0.2, 0.25) is 5.02 Å². The van der Waals surface area contributed by atoms with Crippen molar-refractivity contribution in [2.45, 2.75) is 36.8 Å². The van der Waals surface area contributed by atoms with Gasteiger partial charge < -0.3 is 10.1 Å². The lowest BCUT2D eigenvalue weighted by molar-refractivity contribution is -0.127. The Balaban J connectivity index is 2.13. The molecule has 0 bridgehead atoms. The second-order valence-corrected chi connectivity index (χ2v) is 7.75. The van der Waals surface area contributed by atoms with Crippen LogP contribution in [0, 0.1) is 0 Å². The molecule has 11 heteroatoms. The van der Waals surface area contributed by atoms with Gasteiger partial charge in [-0.05, 0) is 38.0 Å². The van der Waals surface area contributed by atoms with Crippen molar-refractivity contribution in [3.8, 4) is 0 Å². The zero-order valence-electron chi connectivity index (χ0n) is 14.0. The summed E-state index contributed by atoms with van der Waals surface area (Å²) in [5.74, 6) is -1.75. The van der Waals surface area contributed by atoms with Crippen molar-refractivity contribution in [1.29, 1.82) is 0 Å². The summed E-state index contributed by atoms with van der Waals surface area (Å²) in [5, 5.41) is 4.11. The molecule has 1 aliphatic rings. The van der Waals surface area contributed by atoms with Crippen LogP contribution >= 0.6 is 11.6 Å². The van der Waals surface area contributed by atoms with Gasteiger partial charge in [-0.2, -0.15) is 0 Å². The standard InChI is InChI=1S/C15H18ClN3O6S/c1-8(13(20)18-15(22)17-2)25-14(21)9-3-6-11(16)12(7-9)26(23,24)19-10-4-5-10/h3,6-8,10,19H,4-5H2,1-2H3,(H2,17,18,20,22)/t8-/m0/s1. The predicted octanol–water partition coefficient (Wildman–Crippen LogP) is 0.782. The molecule has 0 spiro atoms. The minimum atomic E-state index is -3.87. The summed E-state index contributed by atoms with van der Waals surface area (Å²) in [6.45, 7) is 1.28. The molecule has 0 aliphatic heterocycles. The second kappa shape index (κ2) is 8.02. The van der Waals surface area contributed by atoms with Crippen LogP contribution in [-0.4, -0.2) is 45.5 Å². The third-order valence-corrected chi connectivity index (χ3v) is 5.47. The minimum Gasteiger partial charge on any atom is -0.449 e. The highest BCUT2D eigenvalue weighted by atomic mass is 35.5. The Kier molecular flexibility index (Phi) is 6.21. The number of amides is 3. The predicted molar refractivity (Wildman–Crippen MR) is 92.3 cm³/mol. The van der Waals surface area contributed by atoms with E-state index in [2.05, 4.69) is 10.0 Å². The van der Waals surface area contributed by atoms with Gasteiger partial charge >= 0.3 is 12.0 Å². The van der Waals surface area contributed by atoms with Crippen molar-refractivity contribution in [2.24, 2.45) is 0 Å². The number of rotatable bonds is 6. The lowest BCUT2D eigenvalue weighted by Crippen LogP contribution is -2.43. The number of hydrogen-bond donors (Lipinski definition) is 3. The summed E-state index contributed by atoms with van der Waals surface area (Å²) >= 11 is 5.94. The fourth-order valence-corrected chi connectivity index (χ4v) is 3.71. The van der Waals surface area contributed by atoms with Crippen molar-refractivity contribution < 1.29 is 27.5 Å². The summed E-state index contributed by atoms with van der Waals surface area (Å²) in [6, 6.07) is 2.75. The monoisotopic (exact) mass is 403 g/mol. The number of imide groups is 1. The first-order chi connectivity index (χ1) is 12.1. The van der Waals surface area contributed by atoms with Crippen molar-refractivity contribution in [3.63, 3.8) is 0 Å². The number of carbonyl (C=O) groups is 3. The van der Waals surface area contributed by atoms with Gasteiger partial charge in [0.15, 0.2) is 6.10 Å². The zero-order chi connectivity index (χ0) is 19.5. The van der Waals surface area contributed by atoms with Crippen molar-refractivity contribution in [3.05, 3.63) is 28.8 Å². The van der Waals surface area contributed by atoms with Crippen LogP contribution < -0.4 is 15.4 Å². The molecular weight excluding hydrogens is 386 g/mol. The van der Waals surface area contributed by atoms with Crippen molar-refractivity contribution in [1.82, 2.24) is 15.4 Å². The first-order valence-electron chi connectivity index (χ1n) is 7.69. The molecule has 3 amide bonds. The van der Waals surface area contributed by atoms with Crippen LogP contribution in [-0.2, 0) is 19.6 Å². The van der Waals surface area contributed by atoms with E-state index >= 15 is 0 Å². The normalized spacial score (nSPS) is 15.0. The SMILES string of the molecule is CNC(=O)NC(=O)[C@H](C)OC(=O)c1ccc(Cl)c(S(=O)(=O)NC2CC2)c1. The Morgan fingerprint density at radius 2 is 1.92 bits per heavy atom. The summed E-state index contributed by atoms with van der Waals surface area (Å²) in [5.41, 5.74) is -0.0924. The molecule has 0 radical (unpaired) electrons. The van der Waals surface area contributed by atoms with Crippen molar-refractivity contribution >= 4 is 39.5 Å². The highest BCUT2D eigenvalue weighted by Crippen LogP contribution is 2.27. The Bertz CT molecular complexity index is 838. The van der Waals surface area contributed by atoms with E-state index in [1.54, 1.807) is 0 Å². The molecule has 0 unspecified atom stereocenters. The van der Waals surface area contributed by atoms with Crippen LogP contribution in [0.25, 0.3) is 0 Å². The Morgan fingerprint density at radius 3 is 2.50 bits per heavy atom. The van der Waals surface area contributed by atoms with Crippen LogP contribution in [0.15, 0.2) is 23.1 Å². The first kappa shape index (κ1) is 20.1. The smallest absolute Gasteiger partial charge is 0.338 e. The van der Waals surface area contributed by atoms with Crippen LogP contribution in [0.1, 0.15) is 30.1 Å². The van der Waals surface area contributed by atoms with Gasteiger partial charge in [0, 0.05) is 13.1 Å². The molecule has 1 aromatic rings. The van der Waals surface area contributed by atoms with Crippen molar-refractivity contribution in [2.75, 3.05) is 7.05 Å². The van der Waals surface area contributed by atoms with E-state index in [9.17, 15) is 22.8 Å². The van der Waals surface area contributed by atoms with Gasteiger partial charge in [0.2, 0.25) is 10.0 Å². The molecule has 0 heterocycles. The van der Waals surface area contributed by atoms with Crippen LogP contribution in [0.4, 0.5) is 4.79 Å². The average molecular weight is 404 g/mol. The third kappa shape index (κ3) is 5.16. The number of benzene rings is 1. The number of nitrogens with one attached hydrogen (secondary N) is 3. The number of hydrogen-bond acceptors (Lipinski definition) is 6. The second-order valence-electron chi connectivity index (χ2n) is 5.66. The lowest BCUT2D eigenvalue weighted by atomic mass is 10.2. The number of halogens is 1. The quantitative estimate of drug-likeness (QED) is 0.601. The molecule has 1 saturated carbocycles. The zero-order valence-corrected chi connectivity index (χ0v) is 15.6. The number of ether oxygens (including phenoxy) is 1. The molecule has 142 valence electrons. The third-order valence-electron chi connectivity index (χ3n) is 3.47. The Morgan fingerprint density at radius 1 is 1.27 bits per heavy atom. The molecule has 0 saturated heterocycles. The van der Waals surface area contributed by atoms with Gasteiger partial charge in [-0.3, -0.25) is 10.1 Å². The average Bonchev–Trinajstić information content (AvgIpc) is 3.37. The molecule has 26 heavy (non-hydrogen) atoms. The van der Waals surface area contributed by atoms with Gasteiger partial charge in [0.1, 0.15) is 4.90 Å². The molecule has 1 aliphatic carbocycles. The molecule has 1 aromatic carbocycles. The highest BCUT2D eigenvalue weighted by Gasteiger charge is 2.30.